The second-order valence-electron chi connectivity index (χ2n) is 6.08. The number of carbonyl (C=O) groups excluding carboxylic acids is 1. The first-order valence-corrected chi connectivity index (χ1v) is 8.06. The van der Waals surface area contributed by atoms with Crippen molar-refractivity contribution in [2.24, 2.45) is 7.05 Å². The molecule has 2 N–H and O–H groups in total. The van der Waals surface area contributed by atoms with Crippen molar-refractivity contribution in [1.82, 2.24) is 14.9 Å². The first-order valence-electron chi connectivity index (χ1n) is 8.06. The summed E-state index contributed by atoms with van der Waals surface area (Å²) in [6.07, 6.45) is 1.44. The van der Waals surface area contributed by atoms with Crippen molar-refractivity contribution >= 4 is 5.91 Å². The number of aromatic nitrogens is 2. The number of carbonyl (C=O) groups is 1. The Kier molecular flexibility index (Phi) is 4.62. The summed E-state index contributed by atoms with van der Waals surface area (Å²) in [5, 5.41) is 12.7. The highest BCUT2D eigenvalue weighted by molar-refractivity contribution is 5.95. The zero-order valence-corrected chi connectivity index (χ0v) is 14.7. The van der Waals surface area contributed by atoms with E-state index in [0.717, 1.165) is 21.3 Å². The molecule has 0 saturated carbocycles. The Balaban J connectivity index is 1.89. The van der Waals surface area contributed by atoms with Crippen molar-refractivity contribution in [2.75, 3.05) is 0 Å². The van der Waals surface area contributed by atoms with Gasteiger partial charge in [-0.2, -0.15) is 0 Å². The molecule has 1 amide bonds. The van der Waals surface area contributed by atoms with Crippen LogP contribution in [-0.2, 0) is 13.6 Å². The van der Waals surface area contributed by atoms with Crippen LogP contribution in [0.5, 0.6) is 5.75 Å². The third kappa shape index (κ3) is 3.23. The predicted molar refractivity (Wildman–Crippen MR) is 95.9 cm³/mol. The lowest BCUT2D eigenvalue weighted by Crippen LogP contribution is -2.29. The highest BCUT2D eigenvalue weighted by Gasteiger charge is 2.21. The zero-order chi connectivity index (χ0) is 18.8. The average Bonchev–Trinajstić information content (AvgIpc) is 3.15. The summed E-state index contributed by atoms with van der Waals surface area (Å²) in [7, 11) is 1.45. The van der Waals surface area contributed by atoms with Gasteiger partial charge >= 0.3 is 0 Å². The van der Waals surface area contributed by atoms with Gasteiger partial charge in [-0.25, -0.2) is 4.98 Å². The smallest absolute Gasteiger partial charge is 0.296 e. The summed E-state index contributed by atoms with van der Waals surface area (Å²) in [4.78, 5) is 28.8. The molecule has 0 bridgehead atoms. The van der Waals surface area contributed by atoms with Gasteiger partial charge in [0, 0.05) is 13.6 Å². The molecule has 0 unspecified atom stereocenters. The van der Waals surface area contributed by atoms with Crippen LogP contribution in [-0.4, -0.2) is 20.6 Å². The third-order valence-electron chi connectivity index (χ3n) is 4.25. The summed E-state index contributed by atoms with van der Waals surface area (Å²) in [6, 6.07) is 9.12. The SMILES string of the molecule is Cc1ccc(CNC(=O)c2nc(-c3ccco3)n(C)c(=O)c2O)cc1C. The van der Waals surface area contributed by atoms with E-state index in [1.54, 1.807) is 12.1 Å². The number of aromatic hydroxyl groups is 1. The van der Waals surface area contributed by atoms with E-state index in [0.29, 0.717) is 5.76 Å². The number of furan rings is 1. The number of nitrogens with zero attached hydrogens (tertiary/aromatic N) is 2. The fourth-order valence-electron chi connectivity index (χ4n) is 2.55. The van der Waals surface area contributed by atoms with Gasteiger partial charge in [0.1, 0.15) is 0 Å². The lowest BCUT2D eigenvalue weighted by Gasteiger charge is -2.11. The number of hydrogen-bond acceptors (Lipinski definition) is 5. The quantitative estimate of drug-likeness (QED) is 0.750. The van der Waals surface area contributed by atoms with Crippen LogP contribution in [0.3, 0.4) is 0 Å². The summed E-state index contributed by atoms with van der Waals surface area (Å²) in [5.41, 5.74) is 2.14. The molecule has 0 spiro atoms. The van der Waals surface area contributed by atoms with Crippen LogP contribution in [0.4, 0.5) is 0 Å². The van der Waals surface area contributed by atoms with Crippen LogP contribution in [0.15, 0.2) is 45.8 Å². The van der Waals surface area contributed by atoms with E-state index in [2.05, 4.69) is 10.3 Å². The van der Waals surface area contributed by atoms with Gasteiger partial charge in [-0.3, -0.25) is 14.2 Å². The Morgan fingerprint density at radius 1 is 1.27 bits per heavy atom. The van der Waals surface area contributed by atoms with Crippen LogP contribution in [0.2, 0.25) is 0 Å². The number of nitrogens with one attached hydrogen (secondary N) is 1. The molecule has 2 aromatic heterocycles. The summed E-state index contributed by atoms with van der Waals surface area (Å²) in [5.74, 6) is -0.839. The second-order valence-corrected chi connectivity index (χ2v) is 6.08. The molecule has 3 aromatic rings. The van der Waals surface area contributed by atoms with Crippen molar-refractivity contribution in [3.63, 3.8) is 0 Å². The zero-order valence-electron chi connectivity index (χ0n) is 14.7. The monoisotopic (exact) mass is 353 g/mol. The maximum Gasteiger partial charge on any atom is 0.296 e. The molecule has 0 aliphatic heterocycles. The van der Waals surface area contributed by atoms with Crippen LogP contribution in [0, 0.1) is 13.8 Å². The number of hydrogen-bond donors (Lipinski definition) is 2. The summed E-state index contributed by atoms with van der Waals surface area (Å²) in [6.45, 7) is 4.26. The number of aryl methyl sites for hydroxylation is 2. The molecule has 7 nitrogen and oxygen atoms in total. The fourth-order valence-corrected chi connectivity index (χ4v) is 2.55. The highest BCUT2D eigenvalue weighted by Crippen LogP contribution is 2.19. The van der Waals surface area contributed by atoms with E-state index >= 15 is 0 Å². The van der Waals surface area contributed by atoms with Crippen LogP contribution < -0.4 is 10.9 Å². The Hall–Kier alpha value is -3.35. The number of amides is 1. The Morgan fingerprint density at radius 3 is 2.69 bits per heavy atom. The van der Waals surface area contributed by atoms with Gasteiger partial charge in [-0.1, -0.05) is 18.2 Å². The molecule has 134 valence electrons. The van der Waals surface area contributed by atoms with E-state index in [1.807, 2.05) is 32.0 Å². The van der Waals surface area contributed by atoms with Crippen LogP contribution in [0.25, 0.3) is 11.6 Å². The van der Waals surface area contributed by atoms with Crippen molar-refractivity contribution in [1.29, 1.82) is 0 Å². The van der Waals surface area contributed by atoms with Crippen molar-refractivity contribution < 1.29 is 14.3 Å². The molecule has 3 rings (SSSR count). The normalized spacial score (nSPS) is 10.7. The average molecular weight is 353 g/mol. The minimum absolute atomic E-state index is 0.161. The molecule has 0 saturated heterocycles. The van der Waals surface area contributed by atoms with Crippen molar-refractivity contribution in [3.8, 4) is 17.3 Å². The van der Waals surface area contributed by atoms with Gasteiger partial charge in [-0.05, 0) is 42.7 Å². The van der Waals surface area contributed by atoms with E-state index in [9.17, 15) is 14.7 Å². The molecule has 7 heteroatoms. The van der Waals surface area contributed by atoms with E-state index in [1.165, 1.54) is 13.3 Å². The van der Waals surface area contributed by atoms with E-state index in [4.69, 9.17) is 4.42 Å². The number of rotatable bonds is 4. The van der Waals surface area contributed by atoms with Crippen LogP contribution >= 0.6 is 0 Å². The molecule has 2 heterocycles. The standard InChI is InChI=1S/C19H19N3O4/c1-11-6-7-13(9-12(11)2)10-20-18(24)15-16(23)19(25)22(3)17(21-15)14-5-4-8-26-14/h4-9,23H,10H2,1-3H3,(H,20,24). The van der Waals surface area contributed by atoms with Gasteiger partial charge in [0.2, 0.25) is 5.75 Å². The third-order valence-corrected chi connectivity index (χ3v) is 4.25. The summed E-state index contributed by atoms with van der Waals surface area (Å²) >= 11 is 0. The molecule has 0 radical (unpaired) electrons. The minimum Gasteiger partial charge on any atom is -0.501 e. The molecule has 0 aliphatic carbocycles. The van der Waals surface area contributed by atoms with Gasteiger partial charge in [0.05, 0.1) is 6.26 Å². The van der Waals surface area contributed by atoms with Gasteiger partial charge in [0.25, 0.3) is 11.5 Å². The molecule has 0 fully saturated rings. The lowest BCUT2D eigenvalue weighted by atomic mass is 10.1. The Labute approximate surface area is 149 Å². The molecule has 0 atom stereocenters. The molecule has 1 aromatic carbocycles. The molecule has 0 aliphatic rings. The largest absolute Gasteiger partial charge is 0.501 e. The molecular weight excluding hydrogens is 334 g/mol. The van der Waals surface area contributed by atoms with E-state index < -0.39 is 17.2 Å². The fraction of sp³-hybridized carbons (Fsp3) is 0.211. The maximum absolute atomic E-state index is 12.5. The van der Waals surface area contributed by atoms with Crippen molar-refractivity contribution in [3.05, 3.63) is 69.3 Å². The topological polar surface area (TPSA) is 97.4 Å². The molecular formula is C19H19N3O4. The minimum atomic E-state index is -0.720. The highest BCUT2D eigenvalue weighted by atomic mass is 16.3. The second kappa shape index (κ2) is 6.87. The number of benzene rings is 1. The Morgan fingerprint density at radius 2 is 2.04 bits per heavy atom. The van der Waals surface area contributed by atoms with Crippen molar-refractivity contribution in [2.45, 2.75) is 20.4 Å². The van der Waals surface area contributed by atoms with Gasteiger partial charge < -0.3 is 14.8 Å². The lowest BCUT2D eigenvalue weighted by molar-refractivity contribution is 0.0942. The maximum atomic E-state index is 12.5. The first kappa shape index (κ1) is 17.5. The van der Waals surface area contributed by atoms with Gasteiger partial charge in [0.15, 0.2) is 17.3 Å². The van der Waals surface area contributed by atoms with Crippen LogP contribution in [0.1, 0.15) is 27.2 Å². The first-order chi connectivity index (χ1) is 12.4. The Bertz CT molecular complexity index is 1020. The predicted octanol–water partition coefficient (Wildman–Crippen LogP) is 2.29. The summed E-state index contributed by atoms with van der Waals surface area (Å²) < 4.78 is 6.38. The molecule has 26 heavy (non-hydrogen) atoms. The van der Waals surface area contributed by atoms with E-state index in [-0.39, 0.29) is 18.1 Å². The van der Waals surface area contributed by atoms with Gasteiger partial charge in [-0.15, -0.1) is 0 Å².